The number of carbonyl (C=O) groups is 1. The summed E-state index contributed by atoms with van der Waals surface area (Å²) in [5.74, 6) is 0.0656. The molecule has 2 N–H and O–H groups in total. The number of amides is 1. The Morgan fingerprint density at radius 3 is 2.74 bits per heavy atom. The second-order valence-electron chi connectivity index (χ2n) is 9.06. The lowest BCUT2D eigenvalue weighted by Gasteiger charge is -2.44. The van der Waals surface area contributed by atoms with Crippen LogP contribution in [0, 0.1) is 11.3 Å². The second kappa shape index (κ2) is 9.67. The van der Waals surface area contributed by atoms with Crippen LogP contribution in [-0.2, 0) is 4.79 Å². The molecule has 3 aromatic rings. The molecule has 2 aliphatic heterocycles. The van der Waals surface area contributed by atoms with Crippen LogP contribution in [0.2, 0.25) is 10.0 Å². The third-order valence-corrected chi connectivity index (χ3v) is 7.60. The molecule has 3 atom stereocenters. The highest BCUT2D eigenvalue weighted by molar-refractivity contribution is 6.35. The number of aliphatic hydroxyl groups excluding tert-OH is 1. The summed E-state index contributed by atoms with van der Waals surface area (Å²) in [4.78, 5) is 16.7. The van der Waals surface area contributed by atoms with E-state index in [1.54, 1.807) is 17.0 Å². The predicted octanol–water partition coefficient (Wildman–Crippen LogP) is 3.20. The number of carbonyl (C=O) groups excluding carboxylic acids is 1. The molecule has 0 bridgehead atoms. The predicted molar refractivity (Wildman–Crippen MR) is 136 cm³/mol. The van der Waals surface area contributed by atoms with E-state index in [9.17, 15) is 15.2 Å². The molecular weight excluding hydrogens is 487 g/mol. The number of benzene rings is 2. The number of aliphatic hydroxyl groups is 1. The average Bonchev–Trinajstić information content (AvgIpc) is 3.20. The summed E-state index contributed by atoms with van der Waals surface area (Å²) in [6.45, 7) is 4.46. The number of aromatic nitrogens is 2. The molecule has 182 valence electrons. The fraction of sp³-hybridized carbons (Fsp3) is 0.400. The number of fused-ring (bicyclic) bond motifs is 1. The maximum absolute atomic E-state index is 12.8. The van der Waals surface area contributed by atoms with Crippen LogP contribution in [0.15, 0.2) is 36.4 Å². The summed E-state index contributed by atoms with van der Waals surface area (Å²) in [5, 5.41) is 29.3. The molecule has 5 rings (SSSR count). The minimum absolute atomic E-state index is 0.0656. The molecule has 1 aromatic heterocycles. The van der Waals surface area contributed by atoms with E-state index < -0.39 is 0 Å². The van der Waals surface area contributed by atoms with Crippen LogP contribution in [0.1, 0.15) is 30.6 Å². The van der Waals surface area contributed by atoms with Gasteiger partial charge in [-0.25, -0.2) is 0 Å². The Bertz CT molecular complexity index is 1320. The first kappa shape index (κ1) is 23.9. The normalized spacial score (nSPS) is 21.0. The number of hydrogen-bond acceptors (Lipinski definition) is 6. The van der Waals surface area contributed by atoms with Gasteiger partial charge in [-0.2, -0.15) is 10.4 Å². The molecule has 10 heteroatoms. The van der Waals surface area contributed by atoms with Crippen molar-refractivity contribution in [2.45, 2.75) is 31.5 Å². The van der Waals surface area contributed by atoms with Crippen molar-refractivity contribution in [1.29, 1.82) is 5.26 Å². The van der Waals surface area contributed by atoms with Gasteiger partial charge >= 0.3 is 0 Å². The summed E-state index contributed by atoms with van der Waals surface area (Å²) < 4.78 is 1.82. The number of piperazine rings is 1. The van der Waals surface area contributed by atoms with Crippen molar-refractivity contribution < 1.29 is 9.90 Å². The molecule has 0 spiro atoms. The van der Waals surface area contributed by atoms with Crippen molar-refractivity contribution in [3.05, 3.63) is 57.7 Å². The monoisotopic (exact) mass is 512 g/mol. The molecule has 2 unspecified atom stereocenters. The summed E-state index contributed by atoms with van der Waals surface area (Å²) in [6, 6.07) is 12.8. The van der Waals surface area contributed by atoms with Gasteiger partial charge in [0.15, 0.2) is 5.69 Å². The lowest BCUT2D eigenvalue weighted by molar-refractivity contribution is -0.139. The number of nitrogens with zero attached hydrogens (tertiary/aromatic N) is 5. The van der Waals surface area contributed by atoms with E-state index in [-0.39, 0.29) is 30.6 Å². The minimum atomic E-state index is -0.277. The Labute approximate surface area is 213 Å². The Balaban J connectivity index is 1.46. The Hall–Kier alpha value is -2.83. The third-order valence-electron chi connectivity index (χ3n) is 7.04. The quantitative estimate of drug-likeness (QED) is 0.544. The number of nitrogens with one attached hydrogen (secondary N) is 1. The highest BCUT2D eigenvalue weighted by Gasteiger charge is 2.36. The Kier molecular flexibility index (Phi) is 6.60. The lowest BCUT2D eigenvalue weighted by atomic mass is 10.0. The molecule has 2 saturated heterocycles. The van der Waals surface area contributed by atoms with E-state index in [4.69, 9.17) is 23.2 Å². The first-order valence-corrected chi connectivity index (χ1v) is 12.4. The first-order valence-electron chi connectivity index (χ1n) is 11.7. The largest absolute Gasteiger partial charge is 0.394 e. The second-order valence-corrected chi connectivity index (χ2v) is 9.90. The van der Waals surface area contributed by atoms with Crippen LogP contribution < -0.4 is 10.2 Å². The smallest absolute Gasteiger partial charge is 0.240 e. The van der Waals surface area contributed by atoms with E-state index in [1.807, 2.05) is 35.9 Å². The van der Waals surface area contributed by atoms with Crippen molar-refractivity contribution in [1.82, 2.24) is 20.0 Å². The first-order chi connectivity index (χ1) is 16.9. The van der Waals surface area contributed by atoms with Gasteiger partial charge in [-0.15, -0.1) is 0 Å². The van der Waals surface area contributed by atoms with Crippen molar-refractivity contribution in [3.8, 4) is 6.07 Å². The molecule has 2 aromatic carbocycles. The van der Waals surface area contributed by atoms with Crippen LogP contribution >= 0.6 is 23.2 Å². The summed E-state index contributed by atoms with van der Waals surface area (Å²) in [5.41, 5.74) is 2.97. The van der Waals surface area contributed by atoms with E-state index in [0.717, 1.165) is 35.1 Å². The van der Waals surface area contributed by atoms with Gasteiger partial charge in [0.05, 0.1) is 30.2 Å². The molecule has 2 aliphatic rings. The van der Waals surface area contributed by atoms with E-state index in [1.165, 1.54) is 0 Å². The van der Waals surface area contributed by atoms with Crippen LogP contribution in [0.25, 0.3) is 10.9 Å². The van der Waals surface area contributed by atoms with Gasteiger partial charge in [-0.05, 0) is 55.8 Å². The highest BCUT2D eigenvalue weighted by atomic mass is 35.5. The van der Waals surface area contributed by atoms with Crippen molar-refractivity contribution in [2.24, 2.45) is 0 Å². The Morgan fingerprint density at radius 1 is 1.29 bits per heavy atom. The number of halogens is 2. The van der Waals surface area contributed by atoms with Gasteiger partial charge in [0.25, 0.3) is 0 Å². The number of hydrogen-bond donors (Lipinski definition) is 2. The molecular formula is C25H26Cl2N6O2. The molecule has 0 saturated carbocycles. The lowest BCUT2D eigenvalue weighted by Crippen LogP contribution is -2.63. The van der Waals surface area contributed by atoms with Crippen LogP contribution in [0.5, 0.6) is 0 Å². The summed E-state index contributed by atoms with van der Waals surface area (Å²) >= 11 is 12.5. The standard InChI is InChI=1S/C25H26Cl2N6O2/c1-15(19-4-2-16(26)10-21(19)27)33-24-11-17(3-5-20(24)23(12-28)30-33)31-8-9-32(18(13-31)14-34)25(35)22-6-7-29-22/h2-5,10-11,15,18,22,29,34H,6-9,13-14H2,1H3/t15-,18?,22?/m1/s1. The molecule has 2 fully saturated rings. The zero-order valence-electron chi connectivity index (χ0n) is 19.3. The van der Waals surface area contributed by atoms with Gasteiger partial charge in [-0.3, -0.25) is 9.48 Å². The van der Waals surface area contributed by atoms with Crippen molar-refractivity contribution in [3.63, 3.8) is 0 Å². The van der Waals surface area contributed by atoms with Gasteiger partial charge in [0, 0.05) is 40.8 Å². The molecule has 35 heavy (non-hydrogen) atoms. The highest BCUT2D eigenvalue weighted by Crippen LogP contribution is 2.33. The van der Waals surface area contributed by atoms with Crippen LogP contribution in [0.3, 0.4) is 0 Å². The number of anilines is 1. The van der Waals surface area contributed by atoms with Crippen LogP contribution in [-0.4, -0.2) is 70.6 Å². The molecule has 8 nitrogen and oxygen atoms in total. The molecule has 1 amide bonds. The van der Waals surface area contributed by atoms with E-state index in [0.29, 0.717) is 35.4 Å². The number of nitriles is 1. The summed E-state index contributed by atoms with van der Waals surface area (Å²) in [6.07, 6.45) is 0.842. The Morgan fingerprint density at radius 2 is 2.09 bits per heavy atom. The molecule has 0 aliphatic carbocycles. The summed E-state index contributed by atoms with van der Waals surface area (Å²) in [7, 11) is 0. The number of rotatable bonds is 5. The van der Waals surface area contributed by atoms with E-state index in [2.05, 4.69) is 21.4 Å². The molecule has 0 radical (unpaired) electrons. The fourth-order valence-electron chi connectivity index (χ4n) is 4.91. The zero-order chi connectivity index (χ0) is 24.7. The van der Waals surface area contributed by atoms with Crippen molar-refractivity contribution >= 4 is 45.7 Å². The van der Waals surface area contributed by atoms with Crippen LogP contribution in [0.4, 0.5) is 5.69 Å². The fourth-order valence-corrected chi connectivity index (χ4v) is 5.47. The SMILES string of the molecule is C[C@H](c1ccc(Cl)cc1Cl)n1nc(C#N)c2ccc(N3CCN(C(=O)C4CCN4)C(CO)C3)cc21. The topological polar surface area (TPSA) is 97.4 Å². The maximum atomic E-state index is 12.8. The molecule has 3 heterocycles. The third kappa shape index (κ3) is 4.34. The van der Waals surface area contributed by atoms with Gasteiger partial charge < -0.3 is 20.2 Å². The van der Waals surface area contributed by atoms with Crippen molar-refractivity contribution in [2.75, 3.05) is 37.7 Å². The van der Waals surface area contributed by atoms with E-state index >= 15 is 0 Å². The van der Waals surface area contributed by atoms with Gasteiger partial charge in [0.2, 0.25) is 5.91 Å². The maximum Gasteiger partial charge on any atom is 0.240 e. The average molecular weight is 513 g/mol. The van der Waals surface area contributed by atoms with Gasteiger partial charge in [0.1, 0.15) is 6.07 Å². The van der Waals surface area contributed by atoms with Gasteiger partial charge in [-0.1, -0.05) is 29.3 Å². The zero-order valence-corrected chi connectivity index (χ0v) is 20.8. The minimum Gasteiger partial charge on any atom is -0.394 e.